The molecule has 6 aromatic rings. The van der Waals surface area contributed by atoms with E-state index in [4.69, 9.17) is 14.5 Å². The molecule has 0 unspecified atom stereocenters. The molecule has 238 valence electrons. The number of unbranched alkanes of at least 4 members (excludes halogenated alkanes) is 1. The highest BCUT2D eigenvalue weighted by Gasteiger charge is 2.22. The van der Waals surface area contributed by atoms with Crippen molar-refractivity contribution < 1.29 is 9.47 Å². The van der Waals surface area contributed by atoms with Crippen LogP contribution in [0.5, 0.6) is 11.5 Å². The first-order chi connectivity index (χ1) is 23.2. The summed E-state index contributed by atoms with van der Waals surface area (Å²) in [5.41, 5.74) is 8.09. The van der Waals surface area contributed by atoms with Crippen LogP contribution >= 0.6 is 0 Å². The second-order valence-corrected chi connectivity index (χ2v) is 11.9. The van der Waals surface area contributed by atoms with Gasteiger partial charge in [0.2, 0.25) is 0 Å². The maximum Gasteiger partial charge on any atom is 0.161 e. The predicted octanol–water partition coefficient (Wildman–Crippen LogP) is 9.81. The first-order valence-corrected chi connectivity index (χ1v) is 16.5. The number of imidazole rings is 1. The van der Waals surface area contributed by atoms with Gasteiger partial charge in [0.1, 0.15) is 12.4 Å². The zero-order valence-electron chi connectivity index (χ0n) is 27.4. The van der Waals surface area contributed by atoms with E-state index in [9.17, 15) is 0 Å². The van der Waals surface area contributed by atoms with Crippen LogP contribution in [0.2, 0.25) is 0 Å². The van der Waals surface area contributed by atoms with Crippen LogP contribution in [-0.2, 0) is 32.8 Å². The molecule has 5 aromatic carbocycles. The maximum atomic E-state index is 6.31. The van der Waals surface area contributed by atoms with Gasteiger partial charge in [-0.05, 0) is 35.2 Å². The third-order valence-electron chi connectivity index (χ3n) is 8.38. The molecular formula is C42H43N3O2. The van der Waals surface area contributed by atoms with Crippen LogP contribution in [0, 0.1) is 0 Å². The fourth-order valence-electron chi connectivity index (χ4n) is 5.99. The third kappa shape index (κ3) is 8.18. The van der Waals surface area contributed by atoms with Gasteiger partial charge in [-0.2, -0.15) is 0 Å². The first-order valence-electron chi connectivity index (χ1n) is 16.5. The Morgan fingerprint density at radius 3 is 1.85 bits per heavy atom. The van der Waals surface area contributed by atoms with Crippen LogP contribution in [-0.4, -0.2) is 21.6 Å². The smallest absolute Gasteiger partial charge is 0.161 e. The average Bonchev–Trinajstić information content (AvgIpc) is 3.49. The molecule has 0 aliphatic heterocycles. The molecule has 1 heterocycles. The largest absolute Gasteiger partial charge is 0.493 e. The molecule has 5 heteroatoms. The summed E-state index contributed by atoms with van der Waals surface area (Å²) < 4.78 is 14.5. The molecule has 0 aliphatic carbocycles. The number of benzene rings is 5. The normalized spacial score (nSPS) is 11.1. The van der Waals surface area contributed by atoms with Gasteiger partial charge in [0.05, 0.1) is 18.5 Å². The second kappa shape index (κ2) is 15.9. The minimum absolute atomic E-state index is 0.480. The maximum absolute atomic E-state index is 6.31. The SMILES string of the molecule is CCCCn1c(-c2ccccc2)nc(-c2ccccc2)c1CN(Cc1ccccc1)Cc1ccc(OC)c(OCc2ccccc2)c1. The number of rotatable bonds is 15. The van der Waals surface area contributed by atoms with E-state index in [-0.39, 0.29) is 0 Å². The Balaban J connectivity index is 1.39. The highest BCUT2D eigenvalue weighted by Crippen LogP contribution is 2.33. The summed E-state index contributed by atoms with van der Waals surface area (Å²) in [4.78, 5) is 7.87. The summed E-state index contributed by atoms with van der Waals surface area (Å²) >= 11 is 0. The lowest BCUT2D eigenvalue weighted by atomic mass is 10.1. The number of hydrogen-bond donors (Lipinski definition) is 0. The van der Waals surface area contributed by atoms with Gasteiger partial charge in [0.25, 0.3) is 0 Å². The lowest BCUT2D eigenvalue weighted by Crippen LogP contribution is -2.24. The standard InChI is InChI=1S/C42H43N3O2/c1-3-4-27-45-38(41(36-21-13-7-14-22-36)43-42(45)37-23-15-8-16-24-37)31-44(29-33-17-9-5-10-18-33)30-35-25-26-39(46-2)40(28-35)47-32-34-19-11-6-12-20-34/h5-26,28H,3-4,27,29-32H2,1-2H3. The molecule has 0 N–H and O–H groups in total. The van der Waals surface area contributed by atoms with Crippen LogP contribution in [0.3, 0.4) is 0 Å². The Morgan fingerprint density at radius 1 is 0.617 bits per heavy atom. The number of ether oxygens (including phenoxy) is 2. The summed E-state index contributed by atoms with van der Waals surface area (Å²) in [5, 5.41) is 0. The number of nitrogens with zero attached hydrogens (tertiary/aromatic N) is 3. The quantitative estimate of drug-likeness (QED) is 0.114. The van der Waals surface area contributed by atoms with E-state index in [2.05, 4.69) is 132 Å². The lowest BCUT2D eigenvalue weighted by Gasteiger charge is -2.25. The Bertz CT molecular complexity index is 1820. The second-order valence-electron chi connectivity index (χ2n) is 11.9. The van der Waals surface area contributed by atoms with Crippen molar-refractivity contribution in [1.29, 1.82) is 0 Å². The van der Waals surface area contributed by atoms with Crippen LogP contribution < -0.4 is 9.47 Å². The minimum atomic E-state index is 0.480. The van der Waals surface area contributed by atoms with E-state index < -0.39 is 0 Å². The molecule has 0 amide bonds. The zero-order chi connectivity index (χ0) is 32.3. The van der Waals surface area contributed by atoms with Gasteiger partial charge in [0, 0.05) is 37.3 Å². The van der Waals surface area contributed by atoms with E-state index in [1.54, 1.807) is 7.11 Å². The van der Waals surface area contributed by atoms with Crippen LogP contribution in [0.15, 0.2) is 140 Å². The van der Waals surface area contributed by atoms with Crippen molar-refractivity contribution >= 4 is 0 Å². The fourth-order valence-corrected chi connectivity index (χ4v) is 5.99. The summed E-state index contributed by atoms with van der Waals surface area (Å²) in [5.74, 6) is 2.50. The van der Waals surface area contributed by atoms with Gasteiger partial charge in [-0.25, -0.2) is 4.98 Å². The number of aromatic nitrogens is 2. The Hall–Kier alpha value is -5.13. The topological polar surface area (TPSA) is 39.5 Å². The van der Waals surface area contributed by atoms with E-state index in [0.717, 1.165) is 84.3 Å². The van der Waals surface area contributed by atoms with Crippen molar-refractivity contribution in [3.63, 3.8) is 0 Å². The summed E-state index contributed by atoms with van der Waals surface area (Å²) in [6.07, 6.45) is 2.19. The molecule has 0 spiro atoms. The molecule has 0 atom stereocenters. The number of methoxy groups -OCH3 is 1. The summed E-state index contributed by atoms with van der Waals surface area (Å²) in [6.45, 7) is 5.90. The third-order valence-corrected chi connectivity index (χ3v) is 8.38. The van der Waals surface area contributed by atoms with Crippen molar-refractivity contribution in [3.8, 4) is 34.1 Å². The molecule has 0 aliphatic rings. The van der Waals surface area contributed by atoms with Gasteiger partial charge >= 0.3 is 0 Å². The van der Waals surface area contributed by atoms with Crippen LogP contribution in [0.1, 0.15) is 42.1 Å². The zero-order valence-corrected chi connectivity index (χ0v) is 27.4. The molecule has 0 bridgehead atoms. The molecule has 0 saturated heterocycles. The van der Waals surface area contributed by atoms with Gasteiger partial charge in [-0.1, -0.05) is 141 Å². The summed E-state index contributed by atoms with van der Waals surface area (Å²) in [7, 11) is 1.69. The predicted molar refractivity (Wildman–Crippen MR) is 191 cm³/mol. The molecule has 47 heavy (non-hydrogen) atoms. The Labute approximate surface area is 279 Å². The Kier molecular flexibility index (Phi) is 10.8. The van der Waals surface area contributed by atoms with Gasteiger partial charge in [0.15, 0.2) is 11.5 Å². The van der Waals surface area contributed by atoms with Crippen molar-refractivity contribution in [1.82, 2.24) is 14.5 Å². The highest BCUT2D eigenvalue weighted by atomic mass is 16.5. The number of hydrogen-bond acceptors (Lipinski definition) is 4. The van der Waals surface area contributed by atoms with E-state index in [0.29, 0.717) is 6.61 Å². The molecule has 6 rings (SSSR count). The lowest BCUT2D eigenvalue weighted by molar-refractivity contribution is 0.239. The van der Waals surface area contributed by atoms with Gasteiger partial charge in [-0.15, -0.1) is 0 Å². The molecule has 1 aromatic heterocycles. The molecule has 0 radical (unpaired) electrons. The monoisotopic (exact) mass is 621 g/mol. The van der Waals surface area contributed by atoms with Crippen molar-refractivity contribution in [2.24, 2.45) is 0 Å². The van der Waals surface area contributed by atoms with Crippen molar-refractivity contribution in [2.75, 3.05) is 7.11 Å². The Morgan fingerprint density at radius 2 is 1.21 bits per heavy atom. The molecule has 0 saturated carbocycles. The van der Waals surface area contributed by atoms with E-state index in [1.165, 1.54) is 11.3 Å². The molecule has 5 nitrogen and oxygen atoms in total. The van der Waals surface area contributed by atoms with Crippen LogP contribution in [0.4, 0.5) is 0 Å². The van der Waals surface area contributed by atoms with E-state index >= 15 is 0 Å². The molecular weight excluding hydrogens is 578 g/mol. The first kappa shape index (κ1) is 31.8. The fraction of sp³-hybridized carbons (Fsp3) is 0.214. The van der Waals surface area contributed by atoms with Gasteiger partial charge in [-0.3, -0.25) is 4.90 Å². The average molecular weight is 622 g/mol. The molecule has 0 fully saturated rings. The summed E-state index contributed by atoms with van der Waals surface area (Å²) in [6, 6.07) is 48.5. The van der Waals surface area contributed by atoms with Crippen molar-refractivity contribution in [3.05, 3.63) is 162 Å². The highest BCUT2D eigenvalue weighted by molar-refractivity contribution is 5.68. The van der Waals surface area contributed by atoms with Gasteiger partial charge < -0.3 is 14.0 Å². The van der Waals surface area contributed by atoms with E-state index in [1.807, 2.05) is 24.3 Å². The van der Waals surface area contributed by atoms with Crippen molar-refractivity contribution in [2.45, 2.75) is 52.6 Å². The van der Waals surface area contributed by atoms with Crippen LogP contribution in [0.25, 0.3) is 22.6 Å². The minimum Gasteiger partial charge on any atom is -0.493 e.